The van der Waals surface area contributed by atoms with Crippen molar-refractivity contribution in [1.29, 1.82) is 0 Å². The van der Waals surface area contributed by atoms with Gasteiger partial charge in [0.1, 0.15) is 0 Å². The Morgan fingerprint density at radius 1 is 1.12 bits per heavy atom. The fraction of sp³-hybridized carbons (Fsp3) is 0.304. The number of benzene rings is 1. The first-order valence-corrected chi connectivity index (χ1v) is 10.6. The molecule has 4 N–H and O–H groups in total. The maximum Gasteiger partial charge on any atom is 0.255 e. The van der Waals surface area contributed by atoms with Crippen molar-refractivity contribution in [3.05, 3.63) is 77.7 Å². The summed E-state index contributed by atoms with van der Waals surface area (Å²) in [5.41, 5.74) is 7.34. The Labute approximate surface area is 185 Å². The third-order valence-corrected chi connectivity index (χ3v) is 5.51. The molecule has 9 heteroatoms. The molecular formula is C23H26N6O3. The monoisotopic (exact) mass is 434 g/mol. The van der Waals surface area contributed by atoms with Crippen molar-refractivity contribution in [2.24, 2.45) is 5.73 Å². The number of nitrogens with one attached hydrogen (secondary N) is 1. The van der Waals surface area contributed by atoms with Crippen LogP contribution in [-0.4, -0.2) is 61.8 Å². The summed E-state index contributed by atoms with van der Waals surface area (Å²) in [5, 5.41) is 17.6. The minimum Gasteiger partial charge on any atom is -0.381 e. The first-order chi connectivity index (χ1) is 15.5. The van der Waals surface area contributed by atoms with E-state index in [0.29, 0.717) is 5.82 Å². The van der Waals surface area contributed by atoms with Crippen LogP contribution in [0.4, 0.5) is 0 Å². The second-order valence-electron chi connectivity index (χ2n) is 7.87. The fourth-order valence-corrected chi connectivity index (χ4v) is 3.64. The van der Waals surface area contributed by atoms with Gasteiger partial charge < -0.3 is 16.2 Å². The van der Waals surface area contributed by atoms with Gasteiger partial charge in [-0.3, -0.25) is 14.5 Å². The second-order valence-corrected chi connectivity index (χ2v) is 7.87. The van der Waals surface area contributed by atoms with Crippen LogP contribution in [0.5, 0.6) is 0 Å². The number of primary amides is 1. The molecule has 166 valence electrons. The molecule has 9 nitrogen and oxygen atoms in total. The third-order valence-electron chi connectivity index (χ3n) is 5.51. The number of aromatic nitrogens is 3. The number of hydrogen-bond donors (Lipinski definition) is 3. The molecule has 0 radical (unpaired) electrons. The quantitative estimate of drug-likeness (QED) is 0.454. The minimum absolute atomic E-state index is 0.244. The average Bonchev–Trinajstić information content (AvgIpc) is 3.24. The molecule has 1 aliphatic rings. The van der Waals surface area contributed by atoms with E-state index in [0.717, 1.165) is 30.9 Å². The maximum absolute atomic E-state index is 13.1. The van der Waals surface area contributed by atoms with Gasteiger partial charge in [0.05, 0.1) is 17.3 Å². The summed E-state index contributed by atoms with van der Waals surface area (Å²) in [7, 11) is 0. The number of nitrogens with zero attached hydrogens (tertiary/aromatic N) is 4. The number of aliphatic hydroxyl groups is 1. The van der Waals surface area contributed by atoms with Crippen LogP contribution in [0.2, 0.25) is 0 Å². The zero-order valence-corrected chi connectivity index (χ0v) is 17.6. The Bertz CT molecular complexity index is 1080. The van der Waals surface area contributed by atoms with Crippen molar-refractivity contribution < 1.29 is 14.7 Å². The molecule has 3 aromatic rings. The Hall–Kier alpha value is -3.56. The predicted octanol–water partition coefficient (Wildman–Crippen LogP) is 0.660. The summed E-state index contributed by atoms with van der Waals surface area (Å²) in [5.74, 6) is -1.01. The molecule has 1 aromatic carbocycles. The molecule has 1 saturated heterocycles. The lowest BCUT2D eigenvalue weighted by molar-refractivity contribution is -0.127. The molecule has 0 unspecified atom stereocenters. The third kappa shape index (κ3) is 5.01. The lowest BCUT2D eigenvalue weighted by Gasteiger charge is -2.29. The molecule has 1 aliphatic heterocycles. The van der Waals surface area contributed by atoms with Crippen LogP contribution in [0.3, 0.4) is 0 Å². The van der Waals surface area contributed by atoms with E-state index < -0.39 is 24.0 Å². The summed E-state index contributed by atoms with van der Waals surface area (Å²) in [6.45, 7) is 2.88. The molecule has 0 saturated carbocycles. The highest BCUT2D eigenvalue weighted by molar-refractivity contribution is 5.97. The molecule has 2 aromatic heterocycles. The number of hydrogen-bond acceptors (Lipinski definition) is 6. The van der Waals surface area contributed by atoms with E-state index in [4.69, 9.17) is 5.73 Å². The number of pyridine rings is 1. The van der Waals surface area contributed by atoms with E-state index in [1.165, 1.54) is 6.42 Å². The lowest BCUT2D eigenvalue weighted by Crippen LogP contribution is -2.50. The topological polar surface area (TPSA) is 126 Å². The van der Waals surface area contributed by atoms with E-state index in [9.17, 15) is 14.7 Å². The molecule has 0 bridgehead atoms. The molecule has 0 aliphatic carbocycles. The maximum atomic E-state index is 13.1. The Morgan fingerprint density at radius 2 is 1.91 bits per heavy atom. The number of amides is 2. The van der Waals surface area contributed by atoms with Crippen LogP contribution in [0.1, 0.15) is 28.0 Å². The SMILES string of the molecule is NC(=O)[C@@H](O)[C@H](Cc1ccccc1)NC(=O)c1cccnc1-n1ccc(CN2CCC2)n1. The van der Waals surface area contributed by atoms with Gasteiger partial charge in [-0.2, -0.15) is 5.10 Å². The molecule has 32 heavy (non-hydrogen) atoms. The highest BCUT2D eigenvalue weighted by Crippen LogP contribution is 2.15. The number of rotatable bonds is 9. The van der Waals surface area contributed by atoms with E-state index in [1.807, 2.05) is 36.4 Å². The molecule has 4 rings (SSSR count). The normalized spacial score (nSPS) is 15.5. The van der Waals surface area contributed by atoms with Crippen molar-refractivity contribution in [2.75, 3.05) is 13.1 Å². The molecule has 0 spiro atoms. The largest absolute Gasteiger partial charge is 0.381 e. The minimum atomic E-state index is -1.54. The Balaban J connectivity index is 1.54. The summed E-state index contributed by atoms with van der Waals surface area (Å²) in [4.78, 5) is 31.4. The first-order valence-electron chi connectivity index (χ1n) is 10.6. The van der Waals surface area contributed by atoms with Gasteiger partial charge in [0, 0.05) is 18.9 Å². The van der Waals surface area contributed by atoms with Crippen molar-refractivity contribution >= 4 is 11.8 Å². The summed E-state index contributed by atoms with van der Waals surface area (Å²) >= 11 is 0. The lowest BCUT2D eigenvalue weighted by atomic mass is 10.0. The smallest absolute Gasteiger partial charge is 0.255 e. The highest BCUT2D eigenvalue weighted by atomic mass is 16.3. The summed E-state index contributed by atoms with van der Waals surface area (Å²) in [6.07, 6.45) is 3.27. The Morgan fingerprint density at radius 3 is 2.59 bits per heavy atom. The standard InChI is InChI=1S/C23H26N6O3/c24-21(31)20(30)19(14-16-6-2-1-3-7-16)26-23(32)18-8-4-10-25-22(18)29-13-9-17(27-29)15-28-11-5-12-28/h1-4,6-10,13,19-20,30H,5,11-12,14-15H2,(H2,24,31)(H,26,32)/t19-,20-/m0/s1. The Kier molecular flexibility index (Phi) is 6.58. The number of likely N-dealkylation sites (tertiary alicyclic amines) is 1. The van der Waals surface area contributed by atoms with E-state index in [1.54, 1.807) is 29.2 Å². The van der Waals surface area contributed by atoms with Gasteiger partial charge in [-0.15, -0.1) is 0 Å². The van der Waals surface area contributed by atoms with Crippen LogP contribution < -0.4 is 11.1 Å². The number of aliphatic hydroxyl groups excluding tert-OH is 1. The number of nitrogens with two attached hydrogens (primary N) is 1. The van der Waals surface area contributed by atoms with Gasteiger partial charge in [-0.1, -0.05) is 30.3 Å². The van der Waals surface area contributed by atoms with Crippen LogP contribution in [-0.2, 0) is 17.8 Å². The van der Waals surface area contributed by atoms with E-state index in [-0.39, 0.29) is 12.0 Å². The molecule has 3 heterocycles. The summed E-state index contributed by atoms with van der Waals surface area (Å²) in [6, 6.07) is 13.6. The first kappa shape index (κ1) is 21.7. The van der Waals surface area contributed by atoms with Gasteiger partial charge in [-0.25, -0.2) is 9.67 Å². The highest BCUT2D eigenvalue weighted by Gasteiger charge is 2.28. The van der Waals surface area contributed by atoms with Gasteiger partial charge in [0.2, 0.25) is 5.91 Å². The van der Waals surface area contributed by atoms with Gasteiger partial charge in [0.15, 0.2) is 11.9 Å². The van der Waals surface area contributed by atoms with Crippen LogP contribution in [0.15, 0.2) is 60.9 Å². The fourth-order valence-electron chi connectivity index (χ4n) is 3.64. The van der Waals surface area contributed by atoms with Crippen LogP contribution >= 0.6 is 0 Å². The molecule has 2 amide bonds. The molecular weight excluding hydrogens is 408 g/mol. The summed E-state index contributed by atoms with van der Waals surface area (Å²) < 4.78 is 1.57. The van der Waals surface area contributed by atoms with Crippen LogP contribution in [0, 0.1) is 0 Å². The number of carbonyl (C=O) groups excluding carboxylic acids is 2. The van der Waals surface area contributed by atoms with Crippen molar-refractivity contribution in [3.8, 4) is 5.82 Å². The van der Waals surface area contributed by atoms with Crippen molar-refractivity contribution in [1.82, 2.24) is 25.0 Å². The van der Waals surface area contributed by atoms with Crippen LogP contribution in [0.25, 0.3) is 5.82 Å². The van der Waals surface area contributed by atoms with Crippen molar-refractivity contribution in [2.45, 2.75) is 31.5 Å². The zero-order chi connectivity index (χ0) is 22.5. The van der Waals surface area contributed by atoms with Crippen molar-refractivity contribution in [3.63, 3.8) is 0 Å². The zero-order valence-electron chi connectivity index (χ0n) is 17.6. The van der Waals surface area contributed by atoms with Gasteiger partial charge >= 0.3 is 0 Å². The van der Waals surface area contributed by atoms with Gasteiger partial charge in [-0.05, 0) is 49.7 Å². The molecule has 1 fully saturated rings. The molecule has 2 atom stereocenters. The second kappa shape index (κ2) is 9.71. The predicted molar refractivity (Wildman–Crippen MR) is 118 cm³/mol. The number of carbonyl (C=O) groups is 2. The van der Waals surface area contributed by atoms with Gasteiger partial charge in [0.25, 0.3) is 5.91 Å². The van der Waals surface area contributed by atoms with E-state index in [2.05, 4.69) is 20.3 Å². The van der Waals surface area contributed by atoms with E-state index >= 15 is 0 Å². The average molecular weight is 435 g/mol.